The Kier molecular flexibility index (Phi) is 5.45. The van der Waals surface area contributed by atoms with Gasteiger partial charge in [-0.1, -0.05) is 13.3 Å². The van der Waals surface area contributed by atoms with Crippen molar-refractivity contribution in [3.05, 3.63) is 0 Å². The van der Waals surface area contributed by atoms with Crippen molar-refractivity contribution in [1.29, 1.82) is 0 Å². The van der Waals surface area contributed by atoms with E-state index in [1.165, 1.54) is 32.1 Å². The van der Waals surface area contributed by atoms with E-state index in [0.717, 1.165) is 32.7 Å². The topological polar surface area (TPSA) is 35.6 Å². The molecule has 1 unspecified atom stereocenters. The molecule has 0 aromatic carbocycles. The highest BCUT2D eigenvalue weighted by molar-refractivity contribution is 5.78. The van der Waals surface area contributed by atoms with E-state index in [-0.39, 0.29) is 0 Å². The molecule has 1 N–H and O–H groups in total. The Morgan fingerprint density at radius 2 is 2.06 bits per heavy atom. The van der Waals surface area contributed by atoms with Gasteiger partial charge in [-0.05, 0) is 38.8 Å². The van der Waals surface area contributed by atoms with Gasteiger partial charge < -0.3 is 10.2 Å². The summed E-state index contributed by atoms with van der Waals surface area (Å²) in [5.41, 5.74) is 0. The van der Waals surface area contributed by atoms with Gasteiger partial charge in [0.25, 0.3) is 0 Å². The number of nitrogens with one attached hydrogen (secondary N) is 1. The van der Waals surface area contributed by atoms with Crippen LogP contribution in [0.25, 0.3) is 0 Å². The van der Waals surface area contributed by atoms with Gasteiger partial charge in [0.1, 0.15) is 0 Å². The summed E-state index contributed by atoms with van der Waals surface area (Å²) >= 11 is 0. The first-order valence-corrected chi connectivity index (χ1v) is 7.53. The molecule has 2 aliphatic heterocycles. The van der Waals surface area contributed by atoms with Crippen LogP contribution >= 0.6 is 0 Å². The Hall–Kier alpha value is -0.610. The van der Waals surface area contributed by atoms with Crippen LogP contribution in [0.2, 0.25) is 0 Å². The molecular formula is C14H27N3O. The highest BCUT2D eigenvalue weighted by Crippen LogP contribution is 2.10. The molecule has 0 spiro atoms. The maximum absolute atomic E-state index is 12.1. The van der Waals surface area contributed by atoms with Gasteiger partial charge in [0.2, 0.25) is 5.91 Å². The van der Waals surface area contributed by atoms with E-state index in [4.69, 9.17) is 0 Å². The van der Waals surface area contributed by atoms with Crippen LogP contribution in [-0.4, -0.2) is 61.0 Å². The number of nitrogens with zero attached hydrogens (tertiary/aromatic N) is 2. The van der Waals surface area contributed by atoms with E-state index in [9.17, 15) is 4.79 Å². The molecule has 1 atom stereocenters. The van der Waals surface area contributed by atoms with Crippen LogP contribution in [0.3, 0.4) is 0 Å². The molecule has 2 rings (SSSR count). The standard InChI is InChI=1S/C14H27N3O/c1-2-16(11-13-7-3-4-8-15-13)12-14(18)17-9-5-6-10-17/h13,15H,2-12H2,1H3. The molecular weight excluding hydrogens is 226 g/mol. The van der Waals surface area contributed by atoms with Crippen LogP contribution in [0.1, 0.15) is 39.0 Å². The molecule has 2 saturated heterocycles. The molecule has 2 heterocycles. The molecule has 0 bridgehead atoms. The van der Waals surface area contributed by atoms with Crippen LogP contribution in [0.15, 0.2) is 0 Å². The fourth-order valence-electron chi connectivity index (χ4n) is 2.95. The minimum absolute atomic E-state index is 0.324. The fourth-order valence-corrected chi connectivity index (χ4v) is 2.95. The molecule has 1 amide bonds. The summed E-state index contributed by atoms with van der Waals surface area (Å²) in [4.78, 5) is 16.4. The smallest absolute Gasteiger partial charge is 0.236 e. The van der Waals surface area contributed by atoms with Gasteiger partial charge in [0.15, 0.2) is 0 Å². The molecule has 0 aromatic heterocycles. The quantitative estimate of drug-likeness (QED) is 0.796. The normalized spacial score (nSPS) is 24.8. The molecule has 2 fully saturated rings. The SMILES string of the molecule is CCN(CC(=O)N1CCCC1)CC1CCCCN1. The lowest BCUT2D eigenvalue weighted by Gasteiger charge is -2.30. The summed E-state index contributed by atoms with van der Waals surface area (Å²) in [6.07, 6.45) is 6.25. The zero-order valence-electron chi connectivity index (χ0n) is 11.7. The van der Waals surface area contributed by atoms with Gasteiger partial charge in [0.05, 0.1) is 6.54 Å². The zero-order chi connectivity index (χ0) is 12.8. The minimum Gasteiger partial charge on any atom is -0.342 e. The van der Waals surface area contributed by atoms with E-state index in [1.807, 2.05) is 4.90 Å². The predicted molar refractivity (Wildman–Crippen MR) is 73.6 cm³/mol. The third-order valence-corrected chi connectivity index (χ3v) is 4.16. The lowest BCUT2D eigenvalue weighted by molar-refractivity contribution is -0.131. The summed E-state index contributed by atoms with van der Waals surface area (Å²) in [6.45, 7) is 7.83. The summed E-state index contributed by atoms with van der Waals surface area (Å²) in [5.74, 6) is 0.324. The van der Waals surface area contributed by atoms with Crippen molar-refractivity contribution >= 4 is 5.91 Å². The Labute approximate surface area is 111 Å². The molecule has 0 saturated carbocycles. The number of hydrogen-bond donors (Lipinski definition) is 1. The van der Waals surface area contributed by atoms with Crippen LogP contribution in [0.5, 0.6) is 0 Å². The number of carbonyl (C=O) groups excluding carboxylic acids is 1. The first-order chi connectivity index (χ1) is 8.79. The fraction of sp³-hybridized carbons (Fsp3) is 0.929. The molecule has 104 valence electrons. The van der Waals surface area contributed by atoms with Crippen LogP contribution < -0.4 is 5.32 Å². The van der Waals surface area contributed by atoms with E-state index < -0.39 is 0 Å². The first-order valence-electron chi connectivity index (χ1n) is 7.53. The number of piperidine rings is 1. The van der Waals surface area contributed by atoms with Gasteiger partial charge in [-0.25, -0.2) is 0 Å². The lowest BCUT2D eigenvalue weighted by atomic mass is 10.0. The highest BCUT2D eigenvalue weighted by atomic mass is 16.2. The van der Waals surface area contributed by atoms with E-state index in [0.29, 0.717) is 18.5 Å². The molecule has 4 nitrogen and oxygen atoms in total. The molecule has 0 aromatic rings. The summed E-state index contributed by atoms with van der Waals surface area (Å²) in [6, 6.07) is 0.588. The van der Waals surface area contributed by atoms with Crippen LogP contribution in [-0.2, 0) is 4.79 Å². The average molecular weight is 253 g/mol. The van der Waals surface area contributed by atoms with E-state index >= 15 is 0 Å². The third-order valence-electron chi connectivity index (χ3n) is 4.16. The number of carbonyl (C=O) groups is 1. The Morgan fingerprint density at radius 3 is 2.67 bits per heavy atom. The highest BCUT2D eigenvalue weighted by Gasteiger charge is 2.22. The van der Waals surface area contributed by atoms with Gasteiger partial charge in [-0.2, -0.15) is 0 Å². The van der Waals surface area contributed by atoms with Crippen molar-refractivity contribution in [2.75, 3.05) is 39.3 Å². The third kappa shape index (κ3) is 3.95. The second-order valence-corrected chi connectivity index (χ2v) is 5.56. The largest absolute Gasteiger partial charge is 0.342 e. The van der Waals surface area contributed by atoms with Crippen molar-refractivity contribution < 1.29 is 4.79 Å². The summed E-state index contributed by atoms with van der Waals surface area (Å²) < 4.78 is 0. The van der Waals surface area contributed by atoms with Gasteiger partial charge in [-0.3, -0.25) is 9.69 Å². The van der Waals surface area contributed by atoms with Crippen molar-refractivity contribution in [1.82, 2.24) is 15.1 Å². The van der Waals surface area contributed by atoms with Gasteiger partial charge in [-0.15, -0.1) is 0 Å². The van der Waals surface area contributed by atoms with Gasteiger partial charge in [0, 0.05) is 25.7 Å². The summed E-state index contributed by atoms with van der Waals surface area (Å²) in [7, 11) is 0. The monoisotopic (exact) mass is 253 g/mol. The molecule has 4 heteroatoms. The van der Waals surface area contributed by atoms with Crippen molar-refractivity contribution in [3.63, 3.8) is 0 Å². The molecule has 0 radical (unpaired) electrons. The van der Waals surface area contributed by atoms with Crippen molar-refractivity contribution in [2.24, 2.45) is 0 Å². The Bertz CT molecular complexity index is 258. The second kappa shape index (κ2) is 7.10. The lowest BCUT2D eigenvalue weighted by Crippen LogP contribution is -2.47. The number of rotatable bonds is 5. The van der Waals surface area contributed by atoms with Gasteiger partial charge >= 0.3 is 0 Å². The van der Waals surface area contributed by atoms with E-state index in [1.54, 1.807) is 0 Å². The van der Waals surface area contributed by atoms with Crippen LogP contribution in [0.4, 0.5) is 0 Å². The van der Waals surface area contributed by atoms with E-state index in [2.05, 4.69) is 17.1 Å². The predicted octanol–water partition coefficient (Wildman–Crippen LogP) is 1.07. The van der Waals surface area contributed by atoms with Crippen molar-refractivity contribution in [3.8, 4) is 0 Å². The zero-order valence-corrected chi connectivity index (χ0v) is 11.7. The number of likely N-dealkylation sites (N-methyl/N-ethyl adjacent to an activating group) is 1. The maximum Gasteiger partial charge on any atom is 0.236 e. The number of likely N-dealkylation sites (tertiary alicyclic amines) is 1. The Balaban J connectivity index is 1.75. The summed E-state index contributed by atoms with van der Waals surface area (Å²) in [5, 5.41) is 3.56. The average Bonchev–Trinajstić information content (AvgIpc) is 2.93. The minimum atomic E-state index is 0.324. The van der Waals surface area contributed by atoms with Crippen LogP contribution in [0, 0.1) is 0 Å². The second-order valence-electron chi connectivity index (χ2n) is 5.56. The molecule has 18 heavy (non-hydrogen) atoms. The maximum atomic E-state index is 12.1. The number of amides is 1. The Morgan fingerprint density at radius 1 is 1.28 bits per heavy atom. The van der Waals surface area contributed by atoms with Crippen molar-refractivity contribution in [2.45, 2.75) is 45.1 Å². The number of hydrogen-bond acceptors (Lipinski definition) is 3. The molecule has 2 aliphatic rings. The molecule has 0 aliphatic carbocycles. The first kappa shape index (κ1) is 13.8.